The van der Waals surface area contributed by atoms with Gasteiger partial charge in [-0.2, -0.15) is 0 Å². The monoisotopic (exact) mass is 350 g/mol. The number of piperidine rings is 1. The normalized spacial score (nSPS) is 19.3. The quantitative estimate of drug-likeness (QED) is 0.921. The topological polar surface area (TPSA) is 58.1 Å². The lowest BCUT2D eigenvalue weighted by Crippen LogP contribution is -2.43. The van der Waals surface area contributed by atoms with Crippen LogP contribution in [-0.4, -0.2) is 35.5 Å². The maximum absolute atomic E-state index is 12.3. The summed E-state index contributed by atoms with van der Waals surface area (Å²) in [5.41, 5.74) is 3.54. The third-order valence-electron chi connectivity index (χ3n) is 5.39. The smallest absolute Gasteiger partial charge is 0.224 e. The van der Waals surface area contributed by atoms with Crippen molar-refractivity contribution in [3.63, 3.8) is 0 Å². The van der Waals surface area contributed by atoms with Gasteiger partial charge in [0.25, 0.3) is 0 Å². The predicted molar refractivity (Wildman–Crippen MR) is 103 cm³/mol. The summed E-state index contributed by atoms with van der Waals surface area (Å²) < 4.78 is 0. The Morgan fingerprint density at radius 3 is 2.85 bits per heavy atom. The van der Waals surface area contributed by atoms with E-state index in [-0.39, 0.29) is 11.8 Å². The molecule has 1 aromatic carbocycles. The molecule has 0 saturated carbocycles. The van der Waals surface area contributed by atoms with Gasteiger partial charge in [-0.05, 0) is 39.0 Å². The zero-order chi connectivity index (χ0) is 17.9. The molecule has 5 nitrogen and oxygen atoms in total. The highest BCUT2D eigenvalue weighted by Crippen LogP contribution is 2.33. The summed E-state index contributed by atoms with van der Waals surface area (Å²) in [6.45, 7) is 4.38. The number of aryl methyl sites for hydroxylation is 1. The van der Waals surface area contributed by atoms with Gasteiger partial charge in [0.15, 0.2) is 5.82 Å². The summed E-state index contributed by atoms with van der Waals surface area (Å²) in [4.78, 5) is 24.5. The molecule has 2 heterocycles. The number of fused-ring (bicyclic) bond motifs is 1. The van der Waals surface area contributed by atoms with E-state index in [2.05, 4.69) is 22.3 Å². The lowest BCUT2D eigenvalue weighted by Gasteiger charge is -2.34. The van der Waals surface area contributed by atoms with Crippen LogP contribution >= 0.6 is 0 Å². The Kier molecular flexibility index (Phi) is 4.87. The van der Waals surface area contributed by atoms with Crippen molar-refractivity contribution in [2.45, 2.75) is 39.0 Å². The zero-order valence-corrected chi connectivity index (χ0v) is 15.4. The minimum Gasteiger partial charge on any atom is -0.356 e. The standard InChI is InChI=1S/C21H26N4O/c1-2-22-21(26)16-10-7-13-25(14-16)20-17-11-6-12-18(17)23-19(24-20)15-8-4-3-5-9-15/h3-5,8-9,16H,2,6-7,10-14H2,1H3,(H,22,26)/t16-/m1/s1. The van der Waals surface area contributed by atoms with E-state index < -0.39 is 0 Å². The van der Waals surface area contributed by atoms with Crippen LogP contribution in [0.3, 0.4) is 0 Å². The Morgan fingerprint density at radius 1 is 1.19 bits per heavy atom. The molecule has 26 heavy (non-hydrogen) atoms. The summed E-state index contributed by atoms with van der Waals surface area (Å²) in [7, 11) is 0. The molecule has 1 amide bonds. The first-order chi connectivity index (χ1) is 12.8. The molecule has 5 heteroatoms. The van der Waals surface area contributed by atoms with Gasteiger partial charge in [0.05, 0.1) is 5.92 Å². The van der Waals surface area contributed by atoms with Crippen LogP contribution in [-0.2, 0) is 17.6 Å². The van der Waals surface area contributed by atoms with Gasteiger partial charge in [-0.15, -0.1) is 0 Å². The number of anilines is 1. The average Bonchev–Trinajstić information content (AvgIpc) is 3.17. The molecule has 0 radical (unpaired) electrons. The van der Waals surface area contributed by atoms with Crippen molar-refractivity contribution in [1.29, 1.82) is 0 Å². The molecule has 1 atom stereocenters. The van der Waals surface area contributed by atoms with Crippen LogP contribution in [0.25, 0.3) is 11.4 Å². The van der Waals surface area contributed by atoms with Crippen molar-refractivity contribution in [1.82, 2.24) is 15.3 Å². The Bertz CT molecular complexity index is 790. The fourth-order valence-corrected chi connectivity index (χ4v) is 4.09. The van der Waals surface area contributed by atoms with Crippen LogP contribution in [0.4, 0.5) is 5.82 Å². The number of carbonyl (C=O) groups excluding carboxylic acids is 1. The molecular weight excluding hydrogens is 324 g/mol. The van der Waals surface area contributed by atoms with Gasteiger partial charge in [-0.1, -0.05) is 30.3 Å². The van der Waals surface area contributed by atoms with Crippen LogP contribution in [0.2, 0.25) is 0 Å². The third-order valence-corrected chi connectivity index (χ3v) is 5.39. The van der Waals surface area contributed by atoms with Crippen molar-refractivity contribution in [2.75, 3.05) is 24.5 Å². The second kappa shape index (κ2) is 7.44. The molecular formula is C21H26N4O. The first-order valence-electron chi connectivity index (χ1n) is 9.74. The molecule has 2 aromatic rings. The Morgan fingerprint density at radius 2 is 2.04 bits per heavy atom. The maximum atomic E-state index is 12.3. The lowest BCUT2D eigenvalue weighted by molar-refractivity contribution is -0.125. The van der Waals surface area contributed by atoms with Gasteiger partial charge in [-0.3, -0.25) is 4.79 Å². The molecule has 0 unspecified atom stereocenters. The number of hydrogen-bond donors (Lipinski definition) is 1. The number of benzene rings is 1. The van der Waals surface area contributed by atoms with Crippen LogP contribution < -0.4 is 10.2 Å². The van der Waals surface area contributed by atoms with E-state index in [0.29, 0.717) is 6.54 Å². The molecule has 1 saturated heterocycles. The summed E-state index contributed by atoms with van der Waals surface area (Å²) in [6, 6.07) is 10.2. The molecule has 1 fully saturated rings. The highest BCUT2D eigenvalue weighted by atomic mass is 16.1. The minimum atomic E-state index is 0.0518. The molecule has 0 spiro atoms. The second-order valence-corrected chi connectivity index (χ2v) is 7.20. The number of nitrogens with one attached hydrogen (secondary N) is 1. The highest BCUT2D eigenvalue weighted by Gasteiger charge is 2.30. The fourth-order valence-electron chi connectivity index (χ4n) is 4.09. The SMILES string of the molecule is CCNC(=O)[C@@H]1CCCN(c2nc(-c3ccccc3)nc3c2CCC3)C1. The van der Waals surface area contributed by atoms with E-state index in [1.54, 1.807) is 0 Å². The van der Waals surface area contributed by atoms with E-state index in [4.69, 9.17) is 9.97 Å². The zero-order valence-electron chi connectivity index (χ0n) is 15.4. The summed E-state index contributed by atoms with van der Waals surface area (Å²) in [5, 5.41) is 2.98. The van der Waals surface area contributed by atoms with Crippen molar-refractivity contribution in [3.05, 3.63) is 41.6 Å². The number of carbonyl (C=O) groups is 1. The first kappa shape index (κ1) is 17.0. The summed E-state index contributed by atoms with van der Waals surface area (Å²) >= 11 is 0. The third kappa shape index (κ3) is 3.30. The van der Waals surface area contributed by atoms with Crippen LogP contribution in [0.15, 0.2) is 30.3 Å². The molecule has 0 bridgehead atoms. The molecule has 1 N–H and O–H groups in total. The highest BCUT2D eigenvalue weighted by molar-refractivity contribution is 5.79. The summed E-state index contributed by atoms with van der Waals surface area (Å²) in [6.07, 6.45) is 5.20. The minimum absolute atomic E-state index is 0.0518. The van der Waals surface area contributed by atoms with Gasteiger partial charge in [0.2, 0.25) is 5.91 Å². The van der Waals surface area contributed by atoms with Crippen LogP contribution in [0, 0.1) is 5.92 Å². The van der Waals surface area contributed by atoms with Crippen molar-refractivity contribution < 1.29 is 4.79 Å². The number of rotatable bonds is 4. The van der Waals surface area contributed by atoms with Gasteiger partial charge >= 0.3 is 0 Å². The van der Waals surface area contributed by atoms with Crippen molar-refractivity contribution >= 4 is 11.7 Å². The Labute approximate surface area is 154 Å². The van der Waals surface area contributed by atoms with E-state index in [1.807, 2.05) is 25.1 Å². The Balaban J connectivity index is 1.67. The van der Waals surface area contributed by atoms with E-state index >= 15 is 0 Å². The molecule has 2 aliphatic rings. The predicted octanol–water partition coefficient (Wildman–Crippen LogP) is 2.98. The van der Waals surface area contributed by atoms with E-state index in [0.717, 1.165) is 62.4 Å². The molecule has 1 aliphatic carbocycles. The average molecular weight is 350 g/mol. The van der Waals surface area contributed by atoms with Gasteiger partial charge in [-0.25, -0.2) is 9.97 Å². The fraction of sp³-hybridized carbons (Fsp3) is 0.476. The molecule has 1 aliphatic heterocycles. The van der Waals surface area contributed by atoms with E-state index in [1.165, 1.54) is 11.3 Å². The molecule has 1 aromatic heterocycles. The van der Waals surface area contributed by atoms with Crippen LogP contribution in [0.1, 0.15) is 37.4 Å². The van der Waals surface area contributed by atoms with Crippen LogP contribution in [0.5, 0.6) is 0 Å². The van der Waals surface area contributed by atoms with Gasteiger partial charge in [0, 0.05) is 36.5 Å². The number of hydrogen-bond acceptors (Lipinski definition) is 4. The molecule has 136 valence electrons. The Hall–Kier alpha value is -2.43. The maximum Gasteiger partial charge on any atom is 0.224 e. The van der Waals surface area contributed by atoms with Gasteiger partial charge < -0.3 is 10.2 Å². The molecule has 4 rings (SSSR count). The lowest BCUT2D eigenvalue weighted by atomic mass is 9.96. The van der Waals surface area contributed by atoms with Crippen molar-refractivity contribution in [2.24, 2.45) is 5.92 Å². The second-order valence-electron chi connectivity index (χ2n) is 7.20. The van der Waals surface area contributed by atoms with Gasteiger partial charge in [0.1, 0.15) is 5.82 Å². The number of nitrogens with zero attached hydrogens (tertiary/aromatic N) is 3. The van der Waals surface area contributed by atoms with Crippen molar-refractivity contribution in [3.8, 4) is 11.4 Å². The number of aromatic nitrogens is 2. The first-order valence-corrected chi connectivity index (χ1v) is 9.74. The number of amides is 1. The van der Waals surface area contributed by atoms with E-state index in [9.17, 15) is 4.79 Å². The largest absolute Gasteiger partial charge is 0.356 e. The summed E-state index contributed by atoms with van der Waals surface area (Å²) in [5.74, 6) is 2.09.